The van der Waals surface area contributed by atoms with Crippen LogP contribution < -0.4 is 5.32 Å². The Morgan fingerprint density at radius 3 is 2.47 bits per heavy atom. The van der Waals surface area contributed by atoms with Crippen LogP contribution in [0.4, 0.5) is 0 Å². The molecule has 1 fully saturated rings. The highest BCUT2D eigenvalue weighted by Crippen LogP contribution is 2.06. The highest BCUT2D eigenvalue weighted by Gasteiger charge is 2.21. The van der Waals surface area contributed by atoms with Crippen LogP contribution >= 0.6 is 0 Å². The Hall–Kier alpha value is -1.00. The second-order valence-electron chi connectivity index (χ2n) is 4.33. The summed E-state index contributed by atoms with van der Waals surface area (Å²) in [5.74, 6) is 0.916. The number of hydrogen-bond acceptors (Lipinski definition) is 4. The zero-order valence-corrected chi connectivity index (χ0v) is 9.35. The van der Waals surface area contributed by atoms with Gasteiger partial charge in [0.2, 0.25) is 0 Å². The summed E-state index contributed by atoms with van der Waals surface area (Å²) in [6.45, 7) is 7.44. The summed E-state index contributed by atoms with van der Waals surface area (Å²) in [4.78, 5) is 10.9. The number of nitrogens with one attached hydrogen (secondary N) is 1. The van der Waals surface area contributed by atoms with Gasteiger partial charge in [-0.15, -0.1) is 0 Å². The largest absolute Gasteiger partial charge is 0.309 e. The minimum Gasteiger partial charge on any atom is -0.309 e. The lowest BCUT2D eigenvalue weighted by Gasteiger charge is -2.35. The fourth-order valence-electron chi connectivity index (χ4n) is 2.18. The molecule has 1 aliphatic heterocycles. The van der Waals surface area contributed by atoms with E-state index < -0.39 is 0 Å². The second-order valence-corrected chi connectivity index (χ2v) is 4.33. The first kappa shape index (κ1) is 10.5. The van der Waals surface area contributed by atoms with Gasteiger partial charge in [0, 0.05) is 37.6 Å². The van der Waals surface area contributed by atoms with Crippen LogP contribution in [-0.4, -0.2) is 40.0 Å². The van der Waals surface area contributed by atoms with Crippen LogP contribution in [-0.2, 0) is 6.54 Å². The minimum atomic E-state index is 0.553. The highest BCUT2D eigenvalue weighted by molar-refractivity contribution is 4.90. The molecule has 1 aromatic heterocycles. The van der Waals surface area contributed by atoms with Gasteiger partial charge in [0.25, 0.3) is 0 Å². The van der Waals surface area contributed by atoms with Crippen molar-refractivity contribution in [2.45, 2.75) is 32.5 Å². The average Bonchev–Trinajstić information content (AvgIpc) is 2.17. The Bertz CT molecular complexity index is 291. The van der Waals surface area contributed by atoms with Gasteiger partial charge in [-0.1, -0.05) is 0 Å². The SMILES string of the molecule is CC1CN(Cc2ncccn2)CC(C)N1. The van der Waals surface area contributed by atoms with Gasteiger partial charge in [-0.25, -0.2) is 9.97 Å². The topological polar surface area (TPSA) is 41.1 Å². The van der Waals surface area contributed by atoms with Crippen molar-refractivity contribution in [2.75, 3.05) is 13.1 Å². The molecule has 15 heavy (non-hydrogen) atoms. The first-order valence-electron chi connectivity index (χ1n) is 5.48. The Morgan fingerprint density at radius 1 is 1.27 bits per heavy atom. The Balaban J connectivity index is 1.94. The quantitative estimate of drug-likeness (QED) is 0.771. The van der Waals surface area contributed by atoms with E-state index in [9.17, 15) is 0 Å². The molecule has 0 saturated carbocycles. The predicted molar refractivity (Wildman–Crippen MR) is 59.4 cm³/mol. The van der Waals surface area contributed by atoms with Gasteiger partial charge in [0.05, 0.1) is 6.54 Å². The van der Waals surface area contributed by atoms with Gasteiger partial charge in [-0.05, 0) is 19.9 Å². The molecular weight excluding hydrogens is 188 g/mol. The minimum absolute atomic E-state index is 0.553. The first-order valence-corrected chi connectivity index (χ1v) is 5.48. The number of rotatable bonds is 2. The van der Waals surface area contributed by atoms with Gasteiger partial charge in [0.15, 0.2) is 0 Å². The first-order chi connectivity index (χ1) is 7.24. The number of aromatic nitrogens is 2. The molecule has 0 spiro atoms. The molecule has 2 unspecified atom stereocenters. The molecular formula is C11H18N4. The normalized spacial score (nSPS) is 27.9. The van der Waals surface area contributed by atoms with Gasteiger partial charge in [0.1, 0.15) is 5.82 Å². The van der Waals surface area contributed by atoms with Crippen LogP contribution in [0.1, 0.15) is 19.7 Å². The van der Waals surface area contributed by atoms with Crippen LogP contribution in [0.3, 0.4) is 0 Å². The zero-order chi connectivity index (χ0) is 10.7. The maximum Gasteiger partial charge on any atom is 0.142 e. The molecule has 2 heterocycles. The Labute approximate surface area is 90.7 Å². The Kier molecular flexibility index (Phi) is 3.28. The second kappa shape index (κ2) is 4.68. The molecule has 2 atom stereocenters. The Morgan fingerprint density at radius 2 is 1.87 bits per heavy atom. The third kappa shape index (κ3) is 2.97. The van der Waals surface area contributed by atoms with Crippen molar-refractivity contribution in [3.63, 3.8) is 0 Å². The van der Waals surface area contributed by atoms with Gasteiger partial charge < -0.3 is 5.32 Å². The van der Waals surface area contributed by atoms with E-state index in [1.54, 1.807) is 12.4 Å². The van der Waals surface area contributed by atoms with Crippen LogP contribution in [0.5, 0.6) is 0 Å². The van der Waals surface area contributed by atoms with Crippen LogP contribution in [0.15, 0.2) is 18.5 Å². The zero-order valence-electron chi connectivity index (χ0n) is 9.35. The third-order valence-electron chi connectivity index (χ3n) is 2.62. The third-order valence-corrected chi connectivity index (χ3v) is 2.62. The van der Waals surface area contributed by atoms with Crippen molar-refractivity contribution in [3.05, 3.63) is 24.3 Å². The fourth-order valence-corrected chi connectivity index (χ4v) is 2.18. The summed E-state index contributed by atoms with van der Waals surface area (Å²) in [5, 5.41) is 3.51. The van der Waals surface area contributed by atoms with Crippen molar-refractivity contribution < 1.29 is 0 Å². The summed E-state index contributed by atoms with van der Waals surface area (Å²) < 4.78 is 0. The molecule has 0 bridgehead atoms. The van der Waals surface area contributed by atoms with Crippen molar-refractivity contribution in [1.29, 1.82) is 0 Å². The van der Waals surface area contributed by atoms with Gasteiger partial charge >= 0.3 is 0 Å². The molecule has 0 radical (unpaired) electrons. The number of piperazine rings is 1. The molecule has 1 aromatic rings. The van der Waals surface area contributed by atoms with Crippen LogP contribution in [0.25, 0.3) is 0 Å². The predicted octanol–water partition coefficient (Wildman–Crippen LogP) is 0.659. The molecule has 0 aliphatic carbocycles. The van der Waals surface area contributed by atoms with E-state index in [2.05, 4.69) is 34.0 Å². The lowest BCUT2D eigenvalue weighted by Crippen LogP contribution is -2.53. The average molecular weight is 206 g/mol. The molecule has 4 nitrogen and oxygen atoms in total. The number of hydrogen-bond donors (Lipinski definition) is 1. The monoisotopic (exact) mass is 206 g/mol. The molecule has 0 aromatic carbocycles. The highest BCUT2D eigenvalue weighted by atomic mass is 15.2. The maximum atomic E-state index is 4.25. The van der Waals surface area contributed by atoms with E-state index in [4.69, 9.17) is 0 Å². The maximum absolute atomic E-state index is 4.25. The van der Waals surface area contributed by atoms with E-state index in [1.165, 1.54) is 0 Å². The summed E-state index contributed by atoms with van der Waals surface area (Å²) in [6, 6.07) is 2.96. The molecule has 1 saturated heterocycles. The van der Waals surface area contributed by atoms with Crippen LogP contribution in [0, 0.1) is 0 Å². The summed E-state index contributed by atoms with van der Waals surface area (Å²) >= 11 is 0. The van der Waals surface area contributed by atoms with E-state index in [1.807, 2.05) is 6.07 Å². The van der Waals surface area contributed by atoms with Crippen molar-refractivity contribution >= 4 is 0 Å². The molecule has 4 heteroatoms. The van der Waals surface area contributed by atoms with E-state index in [-0.39, 0.29) is 0 Å². The van der Waals surface area contributed by atoms with Crippen LogP contribution in [0.2, 0.25) is 0 Å². The molecule has 82 valence electrons. The molecule has 1 N–H and O–H groups in total. The molecule has 2 rings (SSSR count). The lowest BCUT2D eigenvalue weighted by molar-refractivity contribution is 0.163. The standard InChI is InChI=1S/C11H18N4/c1-9-6-15(7-10(2)14-9)8-11-12-4-3-5-13-11/h3-5,9-10,14H,6-8H2,1-2H3. The van der Waals surface area contributed by atoms with E-state index in [0.29, 0.717) is 12.1 Å². The van der Waals surface area contributed by atoms with Crippen molar-refractivity contribution in [1.82, 2.24) is 20.2 Å². The summed E-state index contributed by atoms with van der Waals surface area (Å²) in [5.41, 5.74) is 0. The lowest BCUT2D eigenvalue weighted by atomic mass is 10.1. The van der Waals surface area contributed by atoms with Gasteiger partial charge in [-0.3, -0.25) is 4.90 Å². The fraction of sp³-hybridized carbons (Fsp3) is 0.636. The smallest absolute Gasteiger partial charge is 0.142 e. The van der Waals surface area contributed by atoms with Crippen molar-refractivity contribution in [2.24, 2.45) is 0 Å². The summed E-state index contributed by atoms with van der Waals surface area (Å²) in [7, 11) is 0. The van der Waals surface area contributed by atoms with E-state index >= 15 is 0 Å². The van der Waals surface area contributed by atoms with E-state index in [0.717, 1.165) is 25.5 Å². The number of nitrogens with zero attached hydrogens (tertiary/aromatic N) is 3. The van der Waals surface area contributed by atoms with Crippen molar-refractivity contribution in [3.8, 4) is 0 Å². The summed E-state index contributed by atoms with van der Waals surface area (Å²) in [6.07, 6.45) is 3.61. The molecule has 0 amide bonds. The molecule has 1 aliphatic rings. The van der Waals surface area contributed by atoms with Gasteiger partial charge in [-0.2, -0.15) is 0 Å².